The van der Waals surface area contributed by atoms with Crippen LogP contribution in [0.15, 0.2) is 60.2 Å². The molecule has 1 heterocycles. The summed E-state index contributed by atoms with van der Waals surface area (Å²) in [6.45, 7) is 1.90. The molecule has 1 aliphatic heterocycles. The van der Waals surface area contributed by atoms with Crippen LogP contribution in [0.3, 0.4) is 0 Å². The number of carbonyl (C=O) groups is 3. The predicted molar refractivity (Wildman–Crippen MR) is 117 cm³/mol. The molecule has 7 heteroatoms. The van der Waals surface area contributed by atoms with Gasteiger partial charge >= 0.3 is 6.03 Å². The van der Waals surface area contributed by atoms with Gasteiger partial charge in [-0.15, -0.1) is 0 Å². The molecule has 7 nitrogen and oxygen atoms in total. The molecule has 0 atom stereocenters. The number of nitrogens with one attached hydrogen (secondary N) is 1. The van der Waals surface area contributed by atoms with Gasteiger partial charge in [0.2, 0.25) is 0 Å². The summed E-state index contributed by atoms with van der Waals surface area (Å²) in [5, 5.41) is 3.86. The van der Waals surface area contributed by atoms with Crippen molar-refractivity contribution in [1.82, 2.24) is 5.32 Å². The van der Waals surface area contributed by atoms with Gasteiger partial charge in [0.05, 0.1) is 19.9 Å². The van der Waals surface area contributed by atoms with E-state index in [1.54, 1.807) is 43.5 Å². The summed E-state index contributed by atoms with van der Waals surface area (Å²) >= 11 is 0. The van der Waals surface area contributed by atoms with E-state index in [1.807, 2.05) is 25.1 Å². The Kier molecular flexibility index (Phi) is 5.17. The molecule has 156 valence electrons. The lowest BCUT2D eigenvalue weighted by atomic mass is 9.99. The largest absolute Gasteiger partial charge is 0.497 e. The number of anilines is 1. The van der Waals surface area contributed by atoms with Crippen LogP contribution >= 0.6 is 0 Å². The van der Waals surface area contributed by atoms with Crippen molar-refractivity contribution in [2.45, 2.75) is 6.92 Å². The van der Waals surface area contributed by atoms with Gasteiger partial charge in [-0.1, -0.05) is 29.8 Å². The van der Waals surface area contributed by atoms with Crippen LogP contribution in [0.25, 0.3) is 16.8 Å². The zero-order valence-electron chi connectivity index (χ0n) is 17.3. The molecular weight excluding hydrogens is 396 g/mol. The molecule has 0 spiro atoms. The van der Waals surface area contributed by atoms with E-state index in [2.05, 4.69) is 5.32 Å². The van der Waals surface area contributed by atoms with Gasteiger partial charge in [-0.2, -0.15) is 0 Å². The summed E-state index contributed by atoms with van der Waals surface area (Å²) in [6, 6.07) is 15.2. The number of rotatable bonds is 4. The lowest BCUT2D eigenvalue weighted by Crippen LogP contribution is -2.54. The first-order chi connectivity index (χ1) is 14.9. The van der Waals surface area contributed by atoms with E-state index < -0.39 is 17.8 Å². The standard InChI is InChI=1S/C24H20N2O5/c1-14-4-8-16(9-5-14)26-23(28)20(22(27)25-24(26)29)13-19-18-12-17(30-2)10-6-15(18)7-11-21(19)31-3/h4-13H,1-3H3,(H,25,27,29). The second-order valence-corrected chi connectivity index (χ2v) is 7.06. The van der Waals surface area contributed by atoms with Crippen LogP contribution in [0.5, 0.6) is 11.5 Å². The molecular formula is C24H20N2O5. The average molecular weight is 416 g/mol. The fourth-order valence-electron chi connectivity index (χ4n) is 3.49. The van der Waals surface area contributed by atoms with E-state index in [0.717, 1.165) is 21.2 Å². The van der Waals surface area contributed by atoms with Crippen molar-refractivity contribution in [2.75, 3.05) is 19.1 Å². The third-order valence-electron chi connectivity index (χ3n) is 5.13. The molecule has 0 unspecified atom stereocenters. The molecule has 1 fully saturated rings. The lowest BCUT2D eigenvalue weighted by molar-refractivity contribution is -0.122. The Morgan fingerprint density at radius 1 is 0.903 bits per heavy atom. The zero-order valence-corrected chi connectivity index (χ0v) is 17.3. The SMILES string of the molecule is COc1ccc2ccc(OC)c(C=C3C(=O)NC(=O)N(c4ccc(C)cc4)C3=O)c2c1. The second kappa shape index (κ2) is 7.95. The number of benzene rings is 3. The maximum absolute atomic E-state index is 13.2. The van der Waals surface area contributed by atoms with Gasteiger partial charge in [-0.25, -0.2) is 9.69 Å². The van der Waals surface area contributed by atoms with Crippen LogP contribution in [0.1, 0.15) is 11.1 Å². The molecule has 0 aromatic heterocycles. The minimum Gasteiger partial charge on any atom is -0.497 e. The van der Waals surface area contributed by atoms with Gasteiger partial charge in [-0.3, -0.25) is 14.9 Å². The number of carbonyl (C=O) groups excluding carboxylic acids is 3. The number of urea groups is 1. The number of hydrogen-bond acceptors (Lipinski definition) is 5. The first-order valence-electron chi connectivity index (χ1n) is 9.56. The first kappa shape index (κ1) is 20.2. The Hall–Kier alpha value is -4.13. The van der Waals surface area contributed by atoms with Crippen molar-refractivity contribution in [1.29, 1.82) is 0 Å². The Morgan fingerprint density at radius 3 is 2.29 bits per heavy atom. The molecule has 0 aliphatic carbocycles. The normalized spacial score (nSPS) is 15.4. The summed E-state index contributed by atoms with van der Waals surface area (Å²) in [4.78, 5) is 39.2. The number of ether oxygens (including phenoxy) is 2. The molecule has 3 aromatic carbocycles. The number of imide groups is 2. The number of methoxy groups -OCH3 is 2. The summed E-state index contributed by atoms with van der Waals surface area (Å²) in [7, 11) is 3.07. The van der Waals surface area contributed by atoms with Gasteiger partial charge in [-0.05, 0) is 54.1 Å². The van der Waals surface area contributed by atoms with Gasteiger partial charge < -0.3 is 9.47 Å². The van der Waals surface area contributed by atoms with Crippen LogP contribution in [0, 0.1) is 6.92 Å². The lowest BCUT2D eigenvalue weighted by Gasteiger charge is -2.26. The van der Waals surface area contributed by atoms with Crippen molar-refractivity contribution in [3.63, 3.8) is 0 Å². The van der Waals surface area contributed by atoms with Gasteiger partial charge in [0.1, 0.15) is 17.1 Å². The summed E-state index contributed by atoms with van der Waals surface area (Å²) in [5.41, 5.74) is 1.72. The molecule has 0 bridgehead atoms. The number of barbiturate groups is 1. The van der Waals surface area contributed by atoms with E-state index >= 15 is 0 Å². The minimum absolute atomic E-state index is 0.172. The fourth-order valence-corrected chi connectivity index (χ4v) is 3.49. The number of hydrogen-bond donors (Lipinski definition) is 1. The van der Waals surface area contributed by atoms with Crippen molar-refractivity contribution in [3.8, 4) is 11.5 Å². The number of fused-ring (bicyclic) bond motifs is 1. The maximum Gasteiger partial charge on any atom is 0.335 e. The highest BCUT2D eigenvalue weighted by atomic mass is 16.5. The highest BCUT2D eigenvalue weighted by molar-refractivity contribution is 6.39. The topological polar surface area (TPSA) is 84.9 Å². The Morgan fingerprint density at radius 2 is 1.61 bits per heavy atom. The van der Waals surface area contributed by atoms with E-state index in [4.69, 9.17) is 9.47 Å². The Labute approximate surface area is 178 Å². The van der Waals surface area contributed by atoms with E-state index in [0.29, 0.717) is 22.7 Å². The van der Waals surface area contributed by atoms with E-state index in [1.165, 1.54) is 13.2 Å². The fraction of sp³-hybridized carbons (Fsp3) is 0.125. The zero-order chi connectivity index (χ0) is 22.1. The van der Waals surface area contributed by atoms with Crippen molar-refractivity contribution in [2.24, 2.45) is 0 Å². The molecule has 1 N–H and O–H groups in total. The molecule has 4 rings (SSSR count). The summed E-state index contributed by atoms with van der Waals surface area (Å²) in [5.74, 6) is -0.371. The smallest absolute Gasteiger partial charge is 0.335 e. The molecule has 0 saturated carbocycles. The Bertz CT molecular complexity index is 1240. The van der Waals surface area contributed by atoms with Crippen LogP contribution in [-0.4, -0.2) is 32.1 Å². The highest BCUT2D eigenvalue weighted by Gasteiger charge is 2.37. The van der Waals surface area contributed by atoms with E-state index in [9.17, 15) is 14.4 Å². The van der Waals surface area contributed by atoms with Gasteiger partial charge in [0.25, 0.3) is 11.8 Å². The number of nitrogens with zero attached hydrogens (tertiary/aromatic N) is 1. The molecule has 3 aromatic rings. The Balaban J connectivity index is 1.88. The summed E-state index contributed by atoms with van der Waals surface area (Å²) < 4.78 is 10.8. The van der Waals surface area contributed by atoms with Crippen LogP contribution < -0.4 is 19.7 Å². The maximum atomic E-state index is 13.2. The average Bonchev–Trinajstić information content (AvgIpc) is 2.77. The third-order valence-corrected chi connectivity index (χ3v) is 5.13. The molecule has 4 amide bonds. The monoisotopic (exact) mass is 416 g/mol. The van der Waals surface area contributed by atoms with Gasteiger partial charge in [0.15, 0.2) is 0 Å². The minimum atomic E-state index is -0.789. The molecule has 31 heavy (non-hydrogen) atoms. The van der Waals surface area contributed by atoms with Gasteiger partial charge in [0, 0.05) is 5.56 Å². The van der Waals surface area contributed by atoms with Crippen molar-refractivity contribution < 1.29 is 23.9 Å². The van der Waals surface area contributed by atoms with Crippen molar-refractivity contribution in [3.05, 3.63) is 71.3 Å². The van der Waals surface area contributed by atoms with Crippen LogP contribution in [0.2, 0.25) is 0 Å². The van der Waals surface area contributed by atoms with E-state index in [-0.39, 0.29) is 5.57 Å². The number of aryl methyl sites for hydroxylation is 1. The highest BCUT2D eigenvalue weighted by Crippen LogP contribution is 2.33. The quantitative estimate of drug-likeness (QED) is 0.516. The molecule has 1 saturated heterocycles. The summed E-state index contributed by atoms with van der Waals surface area (Å²) in [6.07, 6.45) is 1.45. The third kappa shape index (κ3) is 3.61. The molecule has 0 radical (unpaired) electrons. The molecule has 1 aliphatic rings. The van der Waals surface area contributed by atoms with Crippen LogP contribution in [0.4, 0.5) is 10.5 Å². The van der Waals surface area contributed by atoms with Crippen LogP contribution in [-0.2, 0) is 9.59 Å². The number of amides is 4. The predicted octanol–water partition coefficient (Wildman–Crippen LogP) is 3.83. The second-order valence-electron chi connectivity index (χ2n) is 7.06. The first-order valence-corrected chi connectivity index (χ1v) is 9.56. The van der Waals surface area contributed by atoms with Crippen molar-refractivity contribution >= 4 is 40.4 Å².